The molecule has 0 atom stereocenters. The quantitative estimate of drug-likeness (QED) is 0.268. The number of carboxylic acids is 1. The van der Waals surface area contributed by atoms with Crippen molar-refractivity contribution in [3.05, 3.63) is 105 Å². The first-order valence-corrected chi connectivity index (χ1v) is 15.5. The summed E-state index contributed by atoms with van der Waals surface area (Å²) in [6.07, 6.45) is 1.48. The maximum Gasteiger partial charge on any atom is 0.312 e. The molecule has 0 aliphatic carbocycles. The number of hydrogen-bond donors (Lipinski definition) is 1. The number of carbonyl (C=O) groups excluding carboxylic acids is 2. The Bertz CT molecular complexity index is 1960. The monoisotopic (exact) mass is 671 g/mol. The van der Waals surface area contributed by atoms with Gasteiger partial charge in [-0.25, -0.2) is 14.4 Å². The largest absolute Gasteiger partial charge is 0.496 e. The lowest BCUT2D eigenvalue weighted by molar-refractivity contribution is -0.144. The van der Waals surface area contributed by atoms with Crippen molar-refractivity contribution in [3.8, 4) is 22.8 Å². The third-order valence-electron chi connectivity index (χ3n) is 8.33. The molecule has 2 amide bonds. The summed E-state index contributed by atoms with van der Waals surface area (Å²) in [6, 6.07) is 15.2. The van der Waals surface area contributed by atoms with Crippen molar-refractivity contribution in [3.63, 3.8) is 0 Å². The van der Waals surface area contributed by atoms with Crippen molar-refractivity contribution in [1.29, 1.82) is 0 Å². The molecule has 1 aromatic heterocycles. The first-order valence-electron chi connectivity index (χ1n) is 15.1. The van der Waals surface area contributed by atoms with Crippen molar-refractivity contribution in [1.82, 2.24) is 19.8 Å². The van der Waals surface area contributed by atoms with Crippen LogP contribution < -0.4 is 9.47 Å². The number of halogens is 2. The molecular formula is C35H31ClFN5O6. The van der Waals surface area contributed by atoms with Crippen LogP contribution in [0, 0.1) is 5.82 Å². The van der Waals surface area contributed by atoms with Crippen LogP contribution in [-0.4, -0.2) is 88.8 Å². The fourth-order valence-corrected chi connectivity index (χ4v) is 6.11. The van der Waals surface area contributed by atoms with E-state index >= 15 is 4.39 Å². The number of piperazine rings is 1. The van der Waals surface area contributed by atoms with Crippen molar-refractivity contribution >= 4 is 35.1 Å². The Morgan fingerprint density at radius 3 is 2.42 bits per heavy atom. The van der Waals surface area contributed by atoms with E-state index in [0.29, 0.717) is 51.3 Å². The lowest BCUT2D eigenvalue weighted by Gasteiger charge is -2.34. The van der Waals surface area contributed by atoms with Gasteiger partial charge in [0.15, 0.2) is 0 Å². The minimum Gasteiger partial charge on any atom is -0.496 e. The molecule has 3 aromatic carbocycles. The predicted molar refractivity (Wildman–Crippen MR) is 175 cm³/mol. The van der Waals surface area contributed by atoms with Gasteiger partial charge in [-0.1, -0.05) is 29.8 Å². The van der Waals surface area contributed by atoms with Gasteiger partial charge in [-0.15, -0.1) is 0 Å². The van der Waals surface area contributed by atoms with Crippen molar-refractivity contribution in [2.24, 2.45) is 4.99 Å². The Balaban J connectivity index is 1.25. The second-order valence-corrected chi connectivity index (χ2v) is 11.7. The molecule has 246 valence electrons. The molecule has 11 nitrogen and oxygen atoms in total. The summed E-state index contributed by atoms with van der Waals surface area (Å²) < 4.78 is 26.3. The summed E-state index contributed by atoms with van der Waals surface area (Å²) in [7, 11) is 2.97. The standard InChI is InChI=1S/C35H31ClFN5O6/c1-47-27-5-3-4-26(37)32(27)34-25-16-22(36)7-9-23(25)33-21(19-39-34)18-38-29(40-33)15-20-6-8-24(28(14-20)48-2)35(46)42-12-10-41(11-13-42)30(43)17-31(44)45/h3-9,14,16,18H,10-13,15,17,19H2,1-2H3,(H,44,45). The number of carboxylic acid groups (broad SMARTS) is 1. The second kappa shape index (κ2) is 13.8. The fraction of sp³-hybridized carbons (Fsp3) is 0.257. The molecule has 0 saturated carbocycles. The van der Waals surface area contributed by atoms with Gasteiger partial charge in [0.25, 0.3) is 5.91 Å². The van der Waals surface area contributed by atoms with Gasteiger partial charge >= 0.3 is 5.97 Å². The van der Waals surface area contributed by atoms with E-state index in [1.165, 1.54) is 25.2 Å². The molecule has 2 aliphatic heterocycles. The molecule has 2 aliphatic rings. The van der Waals surface area contributed by atoms with Crippen molar-refractivity contribution < 1.29 is 33.4 Å². The van der Waals surface area contributed by atoms with Crippen LogP contribution in [-0.2, 0) is 22.6 Å². The van der Waals surface area contributed by atoms with Gasteiger partial charge in [-0.3, -0.25) is 19.4 Å². The average Bonchev–Trinajstić information content (AvgIpc) is 3.23. The molecule has 3 heterocycles. The van der Waals surface area contributed by atoms with Crippen LogP contribution in [0.3, 0.4) is 0 Å². The number of aliphatic imine (C=N–C) groups is 1. The lowest BCUT2D eigenvalue weighted by atomic mass is 9.94. The summed E-state index contributed by atoms with van der Waals surface area (Å²) in [5, 5.41) is 9.37. The van der Waals surface area contributed by atoms with Gasteiger partial charge < -0.3 is 24.4 Å². The zero-order valence-electron chi connectivity index (χ0n) is 26.2. The summed E-state index contributed by atoms with van der Waals surface area (Å²) >= 11 is 6.42. The number of fused-ring (bicyclic) bond motifs is 3. The number of carbonyl (C=O) groups is 3. The Hall–Kier alpha value is -5.36. The van der Waals surface area contributed by atoms with E-state index < -0.39 is 24.1 Å². The van der Waals surface area contributed by atoms with E-state index in [-0.39, 0.29) is 44.2 Å². The number of aliphatic carboxylic acids is 1. The molecule has 1 saturated heterocycles. The molecule has 13 heteroatoms. The molecule has 48 heavy (non-hydrogen) atoms. The molecule has 0 spiro atoms. The second-order valence-electron chi connectivity index (χ2n) is 11.3. The first kappa shape index (κ1) is 32.6. The Morgan fingerprint density at radius 1 is 0.938 bits per heavy atom. The molecule has 1 fully saturated rings. The topological polar surface area (TPSA) is 135 Å². The maximum absolute atomic E-state index is 15.2. The average molecular weight is 672 g/mol. The van der Waals surface area contributed by atoms with Gasteiger partial charge in [-0.05, 0) is 42.0 Å². The summed E-state index contributed by atoms with van der Waals surface area (Å²) in [4.78, 5) is 53.8. The van der Waals surface area contributed by atoms with Gasteiger partial charge in [0, 0.05) is 60.5 Å². The number of amides is 2. The Labute approximate surface area is 280 Å². The van der Waals surface area contributed by atoms with Gasteiger partial charge in [0.1, 0.15) is 29.6 Å². The molecule has 0 radical (unpaired) electrons. The van der Waals surface area contributed by atoms with E-state index in [1.54, 1.807) is 47.5 Å². The number of aromatic nitrogens is 2. The smallest absolute Gasteiger partial charge is 0.312 e. The highest BCUT2D eigenvalue weighted by molar-refractivity contribution is 6.31. The minimum absolute atomic E-state index is 0.210. The van der Waals surface area contributed by atoms with Gasteiger partial charge in [-0.2, -0.15) is 0 Å². The summed E-state index contributed by atoms with van der Waals surface area (Å²) in [5.74, 6) is -1.12. The van der Waals surface area contributed by atoms with Crippen LogP contribution in [0.2, 0.25) is 5.02 Å². The summed E-state index contributed by atoms with van der Waals surface area (Å²) in [5.41, 5.74) is 4.57. The Kier molecular flexibility index (Phi) is 9.35. The highest BCUT2D eigenvalue weighted by Gasteiger charge is 2.28. The fourth-order valence-electron chi connectivity index (χ4n) is 5.94. The van der Waals surface area contributed by atoms with Crippen LogP contribution in [0.5, 0.6) is 11.5 Å². The van der Waals surface area contributed by atoms with E-state index in [9.17, 15) is 14.4 Å². The number of ether oxygens (including phenoxy) is 2. The molecule has 6 rings (SSSR count). The van der Waals surface area contributed by atoms with Crippen LogP contribution in [0.25, 0.3) is 11.3 Å². The zero-order valence-corrected chi connectivity index (χ0v) is 27.0. The van der Waals surface area contributed by atoms with Gasteiger partial charge in [0.05, 0.1) is 43.3 Å². The molecule has 0 bridgehead atoms. The van der Waals surface area contributed by atoms with Crippen LogP contribution in [0.4, 0.5) is 4.39 Å². The molecule has 1 N–H and O–H groups in total. The Morgan fingerprint density at radius 2 is 1.69 bits per heavy atom. The number of nitrogens with zero attached hydrogens (tertiary/aromatic N) is 5. The highest BCUT2D eigenvalue weighted by Crippen LogP contribution is 2.36. The maximum atomic E-state index is 15.2. The number of methoxy groups -OCH3 is 2. The van der Waals surface area contributed by atoms with Crippen molar-refractivity contribution in [2.75, 3.05) is 40.4 Å². The number of rotatable bonds is 8. The van der Waals surface area contributed by atoms with E-state index in [2.05, 4.69) is 4.98 Å². The molecular weight excluding hydrogens is 641 g/mol. The minimum atomic E-state index is -1.18. The summed E-state index contributed by atoms with van der Waals surface area (Å²) in [6.45, 7) is 1.27. The van der Waals surface area contributed by atoms with Crippen LogP contribution >= 0.6 is 11.6 Å². The third kappa shape index (κ3) is 6.56. The van der Waals surface area contributed by atoms with Crippen LogP contribution in [0.15, 0.2) is 65.8 Å². The first-order chi connectivity index (χ1) is 23.2. The highest BCUT2D eigenvalue weighted by atomic mass is 35.5. The zero-order chi connectivity index (χ0) is 33.9. The van der Waals surface area contributed by atoms with E-state index in [0.717, 1.165) is 16.7 Å². The van der Waals surface area contributed by atoms with E-state index in [1.807, 2.05) is 12.1 Å². The third-order valence-corrected chi connectivity index (χ3v) is 8.56. The van der Waals surface area contributed by atoms with Crippen LogP contribution in [0.1, 0.15) is 44.9 Å². The lowest BCUT2D eigenvalue weighted by Crippen LogP contribution is -2.51. The number of benzene rings is 3. The van der Waals surface area contributed by atoms with E-state index in [4.69, 9.17) is 36.2 Å². The number of hydrogen-bond acceptors (Lipinski definition) is 8. The predicted octanol–water partition coefficient (Wildman–Crippen LogP) is 4.65. The van der Waals surface area contributed by atoms with Crippen molar-refractivity contribution in [2.45, 2.75) is 19.4 Å². The van der Waals surface area contributed by atoms with Gasteiger partial charge in [0.2, 0.25) is 5.91 Å². The SMILES string of the molecule is COc1cc(Cc2ncc3c(n2)-c2ccc(Cl)cc2C(c2c(F)cccc2OC)=NC3)ccc1C(=O)N1CCN(C(=O)CC(=O)O)CC1. The molecule has 4 aromatic rings. The molecule has 0 unspecified atom stereocenters. The normalized spacial score (nSPS) is 14.0.